The number of esters is 1. The summed E-state index contributed by atoms with van der Waals surface area (Å²) in [6, 6.07) is 0. The first-order valence-corrected chi connectivity index (χ1v) is 14.4. The van der Waals surface area contributed by atoms with E-state index in [1.807, 2.05) is 0 Å². The first kappa shape index (κ1) is 30.8. The number of hydrogen-bond donors (Lipinski definition) is 4. The molecular formula is C30H31N7O9. The zero-order valence-corrected chi connectivity index (χ0v) is 25.4. The highest BCUT2D eigenvalue weighted by Crippen LogP contribution is 2.54. The second-order valence-corrected chi connectivity index (χ2v) is 11.2. The van der Waals surface area contributed by atoms with Crippen LogP contribution in [0.4, 0.5) is 5.95 Å². The van der Waals surface area contributed by atoms with Crippen molar-refractivity contribution in [3.8, 4) is 17.2 Å². The lowest BCUT2D eigenvalue weighted by molar-refractivity contribution is -0.730. The number of guanidine groups is 1. The highest BCUT2D eigenvalue weighted by atomic mass is 16.6. The van der Waals surface area contributed by atoms with Gasteiger partial charge in [-0.3, -0.25) is 14.8 Å². The Morgan fingerprint density at radius 1 is 1.33 bits per heavy atom. The minimum absolute atomic E-state index is 0.0126. The third kappa shape index (κ3) is 4.96. The normalized spacial score (nSPS) is 21.0. The number of fused-ring (bicyclic) bond motifs is 3. The first-order chi connectivity index (χ1) is 22.0. The number of nitrogens with zero attached hydrogens (tertiary/aromatic N) is 5. The van der Waals surface area contributed by atoms with Gasteiger partial charge in [0.05, 0.1) is 48.8 Å². The molecule has 2 atom stereocenters. The average Bonchev–Trinajstić information content (AvgIpc) is 3.76. The number of aliphatic imine (C=N–C) groups is 3. The van der Waals surface area contributed by atoms with Gasteiger partial charge < -0.3 is 34.3 Å². The minimum atomic E-state index is -1.25. The van der Waals surface area contributed by atoms with Gasteiger partial charge in [0.1, 0.15) is 23.4 Å². The van der Waals surface area contributed by atoms with Gasteiger partial charge in [-0.05, 0) is 20.8 Å². The zero-order valence-electron chi connectivity index (χ0n) is 25.4. The Hall–Kier alpha value is -5.19. The Bertz CT molecular complexity index is 1830. The fourth-order valence-corrected chi connectivity index (χ4v) is 5.82. The highest BCUT2D eigenvalue weighted by molar-refractivity contribution is 6.66. The molecule has 0 bridgehead atoms. The summed E-state index contributed by atoms with van der Waals surface area (Å²) in [5, 5.41) is 41.4. The molecule has 0 fully saturated rings. The van der Waals surface area contributed by atoms with Crippen LogP contribution in [-0.2, 0) is 33.9 Å². The van der Waals surface area contributed by atoms with Gasteiger partial charge in [0.15, 0.2) is 18.7 Å². The van der Waals surface area contributed by atoms with Gasteiger partial charge in [-0.1, -0.05) is 6.08 Å². The fourth-order valence-electron chi connectivity index (χ4n) is 5.82. The van der Waals surface area contributed by atoms with Gasteiger partial charge in [0, 0.05) is 36.2 Å². The molecule has 0 saturated carbocycles. The standard InChI is InChI=1S/C30H31N7O9/c1-5-44-27(41)24-16(11-38)14(6-8-36-9-7-32-29(36)37-13-33-20-25(37)34-28(31)35-26(20)40)19-22(43-4)15-10-18(30(2,3)42)45-21(15)17(12-39)23(19)46-24/h6-7,9,11,18,39,42H,5,8,10,12-13H2,1-4H3,(H2,31,35,40). The summed E-state index contributed by atoms with van der Waals surface area (Å²) in [4.78, 5) is 42.6. The summed E-state index contributed by atoms with van der Waals surface area (Å²) >= 11 is 0. The largest absolute Gasteiger partial charge is 0.857 e. The van der Waals surface area contributed by atoms with Crippen LogP contribution in [0.3, 0.4) is 0 Å². The van der Waals surface area contributed by atoms with Gasteiger partial charge in [-0.2, -0.15) is 9.98 Å². The predicted molar refractivity (Wildman–Crippen MR) is 159 cm³/mol. The molecule has 16 nitrogen and oxygen atoms in total. The molecule has 5 heterocycles. The molecule has 2 unspecified atom stereocenters. The maximum absolute atomic E-state index is 13.1. The lowest BCUT2D eigenvalue weighted by Crippen LogP contribution is -3.10. The van der Waals surface area contributed by atoms with Crippen molar-refractivity contribution in [2.24, 2.45) is 15.0 Å². The van der Waals surface area contributed by atoms with Crippen molar-refractivity contribution in [1.82, 2.24) is 9.55 Å². The number of rotatable bonds is 9. The van der Waals surface area contributed by atoms with Crippen LogP contribution in [0, 0.1) is 5.41 Å². The Balaban J connectivity index is 1.49. The molecule has 16 heteroatoms. The van der Waals surface area contributed by atoms with E-state index in [-0.39, 0.29) is 77.5 Å². The third-order valence-electron chi connectivity index (χ3n) is 7.95. The van der Waals surface area contributed by atoms with Crippen LogP contribution in [-0.4, -0.2) is 87.5 Å². The number of carbonyl (C=O) groups is 2. The van der Waals surface area contributed by atoms with Crippen LogP contribution < -0.4 is 24.2 Å². The van der Waals surface area contributed by atoms with E-state index in [9.17, 15) is 24.9 Å². The van der Waals surface area contributed by atoms with Gasteiger partial charge in [-0.15, -0.1) is 0 Å². The van der Waals surface area contributed by atoms with Crippen molar-refractivity contribution >= 4 is 47.2 Å². The summed E-state index contributed by atoms with van der Waals surface area (Å²) < 4.78 is 25.0. The van der Waals surface area contributed by atoms with Crippen molar-refractivity contribution in [1.29, 1.82) is 5.41 Å². The van der Waals surface area contributed by atoms with E-state index < -0.39 is 36.1 Å². The lowest BCUT2D eigenvalue weighted by Gasteiger charge is -2.28. The number of benzene rings is 1. The summed E-state index contributed by atoms with van der Waals surface area (Å²) in [5.41, 5.74) is 0.0285. The topological polar surface area (TPSA) is 218 Å². The van der Waals surface area contributed by atoms with E-state index in [0.717, 1.165) is 0 Å². The van der Waals surface area contributed by atoms with Crippen LogP contribution in [0.25, 0.3) is 5.57 Å². The number of aliphatic hydroxyl groups excluding tert-OH is 1. The van der Waals surface area contributed by atoms with E-state index in [4.69, 9.17) is 24.4 Å². The number of aldehydes is 1. The van der Waals surface area contributed by atoms with Gasteiger partial charge in [0.2, 0.25) is 11.7 Å². The maximum atomic E-state index is 13.1. The number of methoxy groups -OCH3 is 1. The number of imidazole rings is 1. The number of allylic oxidation sites excluding steroid dienone is 3. The quantitative estimate of drug-likeness (QED) is 0.195. The number of hydrogen-bond acceptors (Lipinski definition) is 12. The molecule has 0 radical (unpaired) electrons. The average molecular weight is 634 g/mol. The number of carbonyl (C=O) groups excluding carboxylic acids is 2. The van der Waals surface area contributed by atoms with Crippen molar-refractivity contribution in [2.75, 3.05) is 20.4 Å². The molecule has 1 aromatic carbocycles. The van der Waals surface area contributed by atoms with Crippen molar-refractivity contribution < 1.29 is 48.8 Å². The minimum Gasteiger partial charge on any atom is -0.857 e. The molecule has 0 amide bonds. The Morgan fingerprint density at radius 2 is 2.11 bits per heavy atom. The number of nitrogens with one attached hydrogen (secondary N) is 2. The first-order valence-electron chi connectivity index (χ1n) is 14.4. The van der Waals surface area contributed by atoms with Crippen molar-refractivity contribution in [2.45, 2.75) is 52.0 Å². The lowest BCUT2D eigenvalue weighted by atomic mass is 9.87. The van der Waals surface area contributed by atoms with Gasteiger partial charge in [-0.25, -0.2) is 19.7 Å². The SMILES string of the molecule is CCOC(=O)C1=C(C=O)C(=CCn2ccnc2[NH+]2CN=C3C([O-])=NC(=N)N=C32)c2c(OC)c3c(c(CO)c2O1)OC(C(C)(C)O)C3. The molecular weight excluding hydrogens is 602 g/mol. The summed E-state index contributed by atoms with van der Waals surface area (Å²) in [6.07, 6.45) is 4.93. The molecule has 0 saturated heterocycles. The van der Waals surface area contributed by atoms with Gasteiger partial charge in [0.25, 0.3) is 5.84 Å². The fraction of sp³-hybridized carbons (Fsp3) is 0.367. The molecule has 240 valence electrons. The number of ether oxygens (including phenoxy) is 4. The molecule has 0 aliphatic carbocycles. The van der Waals surface area contributed by atoms with Crippen LogP contribution in [0.15, 0.2) is 44.8 Å². The Kier molecular flexibility index (Phi) is 7.79. The van der Waals surface area contributed by atoms with E-state index in [1.165, 1.54) is 7.11 Å². The number of amidine groups is 1. The van der Waals surface area contributed by atoms with Crippen LogP contribution >= 0.6 is 0 Å². The predicted octanol–water partition coefficient (Wildman–Crippen LogP) is -1.02. The monoisotopic (exact) mass is 633 g/mol. The summed E-state index contributed by atoms with van der Waals surface area (Å²) in [5.74, 6) is -1.11. The van der Waals surface area contributed by atoms with Crippen LogP contribution in [0.1, 0.15) is 37.5 Å². The summed E-state index contributed by atoms with van der Waals surface area (Å²) in [7, 11) is 1.44. The third-order valence-corrected chi connectivity index (χ3v) is 7.95. The van der Waals surface area contributed by atoms with Crippen molar-refractivity contribution in [3.63, 3.8) is 0 Å². The number of aliphatic hydroxyl groups is 2. The van der Waals surface area contributed by atoms with E-state index in [0.29, 0.717) is 28.3 Å². The maximum Gasteiger partial charge on any atom is 0.375 e. The van der Waals surface area contributed by atoms with Gasteiger partial charge >= 0.3 is 11.9 Å². The highest BCUT2D eigenvalue weighted by Gasteiger charge is 2.43. The zero-order chi connectivity index (χ0) is 32.9. The smallest absolute Gasteiger partial charge is 0.375 e. The molecule has 1 aromatic heterocycles. The van der Waals surface area contributed by atoms with Crippen molar-refractivity contribution in [3.05, 3.63) is 46.5 Å². The number of quaternary nitrogens is 1. The molecule has 4 aliphatic heterocycles. The molecule has 0 spiro atoms. The second-order valence-electron chi connectivity index (χ2n) is 11.2. The van der Waals surface area contributed by atoms with E-state index in [1.54, 1.807) is 43.8 Å². The Labute approximate surface area is 262 Å². The van der Waals surface area contributed by atoms with E-state index >= 15 is 0 Å². The number of aromatic nitrogens is 2. The van der Waals surface area contributed by atoms with E-state index in [2.05, 4.69) is 20.0 Å². The van der Waals surface area contributed by atoms with Crippen LogP contribution in [0.5, 0.6) is 17.2 Å². The summed E-state index contributed by atoms with van der Waals surface area (Å²) in [6.45, 7) is 4.47. The van der Waals surface area contributed by atoms with Crippen LogP contribution in [0.2, 0.25) is 0 Å². The molecule has 46 heavy (non-hydrogen) atoms. The second kappa shape index (κ2) is 11.6. The molecule has 6 rings (SSSR count). The molecule has 4 N–H and O–H groups in total. The molecule has 2 aromatic rings. The Morgan fingerprint density at radius 3 is 2.78 bits per heavy atom. The molecule has 4 aliphatic rings.